The Morgan fingerprint density at radius 2 is 0.839 bits per heavy atom. The lowest BCUT2D eigenvalue weighted by Crippen LogP contribution is -2.18. The third-order valence-electron chi connectivity index (χ3n) is 16.6. The van der Waals surface area contributed by atoms with Gasteiger partial charge >= 0.3 is 0 Å². The van der Waals surface area contributed by atoms with Crippen molar-refractivity contribution >= 4 is 38.8 Å². The highest BCUT2D eigenvalue weighted by atomic mass is 16.5. The molecule has 0 bridgehead atoms. The standard InChI is InChI=1S/C81H56N4O2/c1-52-15-6-12-25-76(52)86-53(2)54-27-29-55(30-28-54)56-31-33-57(34-32-56)58-35-37-59(38-36-58)60-39-43-63(44-40-60)80-79(62-16-4-3-5-17-62)84-75-51-66(47-48-73(75)83-80)65-19-14-20-68(49-65)78-71(50-67-18-7-10-23-72(67)82-78)70-22-9-8-21-69(70)61-41-45-64(46-42-61)81-85-74-24-11-13-26-77(74)87-81/h3-52,76H,2H2,1H3. The van der Waals surface area contributed by atoms with Crippen molar-refractivity contribution in [1.29, 1.82) is 0 Å². The lowest BCUT2D eigenvalue weighted by Gasteiger charge is -2.23. The third kappa shape index (κ3) is 10.5. The first kappa shape index (κ1) is 52.5. The summed E-state index contributed by atoms with van der Waals surface area (Å²) in [5.74, 6) is 1.59. The number of nitrogens with zero attached hydrogens (tertiary/aromatic N) is 4. The molecule has 3 heterocycles. The summed E-state index contributed by atoms with van der Waals surface area (Å²) in [6.07, 6.45) is 8.33. The maximum absolute atomic E-state index is 6.21. The number of aromatic nitrogens is 4. The van der Waals surface area contributed by atoms with Gasteiger partial charge in [-0.05, 0) is 122 Å². The monoisotopic (exact) mass is 1120 g/mol. The lowest BCUT2D eigenvalue weighted by molar-refractivity contribution is 0.175. The van der Waals surface area contributed by atoms with E-state index in [1.807, 2.05) is 42.5 Å². The fraction of sp³-hybridized carbons (Fsp3) is 0.0370. The summed E-state index contributed by atoms with van der Waals surface area (Å²) in [6.45, 7) is 6.38. The number of oxazole rings is 1. The highest BCUT2D eigenvalue weighted by Crippen LogP contribution is 2.42. The average molecular weight is 1120 g/mol. The summed E-state index contributed by atoms with van der Waals surface area (Å²) in [7, 11) is 0. The number of pyridine rings is 1. The first-order valence-electron chi connectivity index (χ1n) is 29.5. The molecule has 6 nitrogen and oxygen atoms in total. The van der Waals surface area contributed by atoms with Crippen LogP contribution in [0.1, 0.15) is 12.5 Å². The zero-order chi connectivity index (χ0) is 58.2. The number of rotatable bonds is 13. The fourth-order valence-corrected chi connectivity index (χ4v) is 11.8. The molecule has 0 N–H and O–H groups in total. The van der Waals surface area contributed by atoms with E-state index in [-0.39, 0.29) is 6.10 Å². The van der Waals surface area contributed by atoms with Crippen LogP contribution < -0.4 is 0 Å². The van der Waals surface area contributed by atoms with E-state index in [1.54, 1.807) is 0 Å². The smallest absolute Gasteiger partial charge is 0.227 e. The minimum absolute atomic E-state index is 0.00785. The van der Waals surface area contributed by atoms with Crippen LogP contribution in [0.15, 0.2) is 308 Å². The first-order valence-corrected chi connectivity index (χ1v) is 29.5. The molecule has 15 rings (SSSR count). The Labute approximate surface area is 505 Å². The molecule has 412 valence electrons. The molecule has 6 heteroatoms. The van der Waals surface area contributed by atoms with Crippen LogP contribution in [-0.2, 0) is 4.74 Å². The van der Waals surface area contributed by atoms with E-state index in [9.17, 15) is 0 Å². The Morgan fingerprint density at radius 3 is 1.52 bits per heavy atom. The summed E-state index contributed by atoms with van der Waals surface area (Å²) >= 11 is 0. The summed E-state index contributed by atoms with van der Waals surface area (Å²) in [4.78, 5) is 21.0. The zero-order valence-electron chi connectivity index (χ0n) is 47.8. The molecule has 0 radical (unpaired) electrons. The molecule has 2 atom stereocenters. The van der Waals surface area contributed by atoms with Gasteiger partial charge in [0.2, 0.25) is 5.89 Å². The van der Waals surface area contributed by atoms with Crippen molar-refractivity contribution in [2.75, 3.05) is 0 Å². The Hall–Kier alpha value is -11.3. The van der Waals surface area contributed by atoms with Crippen LogP contribution >= 0.6 is 0 Å². The summed E-state index contributed by atoms with van der Waals surface area (Å²) in [6, 6.07) is 95.7. The molecule has 3 aromatic heterocycles. The number of allylic oxidation sites excluding steroid dienone is 2. The normalized spacial score (nSPS) is 13.8. The second-order valence-electron chi connectivity index (χ2n) is 22.2. The van der Waals surface area contributed by atoms with Crippen molar-refractivity contribution < 1.29 is 9.15 Å². The van der Waals surface area contributed by atoms with E-state index < -0.39 is 0 Å². The quantitative estimate of drug-likeness (QED) is 0.107. The van der Waals surface area contributed by atoms with Gasteiger partial charge in [-0.1, -0.05) is 250 Å². The molecule has 0 aliphatic heterocycles. The van der Waals surface area contributed by atoms with Gasteiger partial charge in [-0.15, -0.1) is 0 Å². The third-order valence-corrected chi connectivity index (χ3v) is 16.6. The topological polar surface area (TPSA) is 73.9 Å². The Morgan fingerprint density at radius 1 is 0.345 bits per heavy atom. The van der Waals surface area contributed by atoms with Crippen LogP contribution in [0.2, 0.25) is 0 Å². The minimum Gasteiger partial charge on any atom is -0.486 e. The van der Waals surface area contributed by atoms with Crippen molar-refractivity contribution in [2.24, 2.45) is 5.92 Å². The number of fused-ring (bicyclic) bond motifs is 3. The van der Waals surface area contributed by atoms with Crippen molar-refractivity contribution in [3.63, 3.8) is 0 Å². The molecule has 11 aromatic carbocycles. The predicted octanol–water partition coefficient (Wildman–Crippen LogP) is 21.1. The molecule has 0 spiro atoms. The molecular weight excluding hydrogens is 1060 g/mol. The van der Waals surface area contributed by atoms with Gasteiger partial charge < -0.3 is 9.15 Å². The molecule has 0 saturated heterocycles. The summed E-state index contributed by atoms with van der Waals surface area (Å²) in [5, 5.41) is 1.07. The molecule has 87 heavy (non-hydrogen) atoms. The van der Waals surface area contributed by atoms with Gasteiger partial charge in [0.25, 0.3) is 0 Å². The van der Waals surface area contributed by atoms with Gasteiger partial charge in [0.05, 0.1) is 33.6 Å². The highest BCUT2D eigenvalue weighted by molar-refractivity contribution is 5.97. The van der Waals surface area contributed by atoms with Gasteiger partial charge in [0.1, 0.15) is 17.4 Å². The van der Waals surface area contributed by atoms with E-state index in [1.165, 1.54) is 0 Å². The molecule has 1 aliphatic carbocycles. The number of ether oxygens (including phenoxy) is 1. The summed E-state index contributed by atoms with van der Waals surface area (Å²) < 4.78 is 12.3. The Bertz CT molecular complexity index is 4920. The molecule has 0 saturated carbocycles. The van der Waals surface area contributed by atoms with Gasteiger partial charge in [-0.2, -0.15) is 0 Å². The maximum atomic E-state index is 6.21. The number of hydrogen-bond donors (Lipinski definition) is 0. The number of benzene rings is 11. The van der Waals surface area contributed by atoms with E-state index >= 15 is 0 Å². The van der Waals surface area contributed by atoms with E-state index in [0.29, 0.717) is 17.6 Å². The van der Waals surface area contributed by atoms with Gasteiger partial charge in [-0.25, -0.2) is 19.9 Å². The van der Waals surface area contributed by atoms with Crippen molar-refractivity contribution in [3.8, 4) is 112 Å². The molecular formula is C81H56N4O2. The largest absolute Gasteiger partial charge is 0.486 e. The van der Waals surface area contributed by atoms with Crippen LogP contribution in [0.5, 0.6) is 0 Å². The van der Waals surface area contributed by atoms with Crippen molar-refractivity contribution in [1.82, 2.24) is 19.9 Å². The van der Waals surface area contributed by atoms with Crippen molar-refractivity contribution in [2.45, 2.75) is 13.0 Å². The van der Waals surface area contributed by atoms with Gasteiger partial charge in [0, 0.05) is 44.7 Å². The second-order valence-corrected chi connectivity index (χ2v) is 22.2. The lowest BCUT2D eigenvalue weighted by atomic mass is 9.90. The number of para-hydroxylation sites is 3. The average Bonchev–Trinajstić information content (AvgIpc) is 3.18. The predicted molar refractivity (Wildman–Crippen MR) is 358 cm³/mol. The summed E-state index contributed by atoms with van der Waals surface area (Å²) in [5.41, 5.74) is 25.0. The first-order chi connectivity index (χ1) is 42.9. The van der Waals surface area contributed by atoms with Crippen molar-refractivity contribution in [3.05, 3.63) is 309 Å². The molecule has 0 amide bonds. The van der Waals surface area contributed by atoms with Crippen LogP contribution in [0.3, 0.4) is 0 Å². The SMILES string of the molecule is C=C(OC1C=CC=CC1C)c1ccc(-c2ccc(-c3ccc(-c4ccc(-c5nc6ccc(-c7cccc(-c8nc9ccccc9cc8-c8ccccc8-c8ccc(-c9nc%10ccccc%10o9)cc8)c7)cc6nc5-c5ccccc5)cc4)cc3)cc2)cc1. The van der Waals surface area contributed by atoms with E-state index in [4.69, 9.17) is 29.1 Å². The molecule has 0 fully saturated rings. The van der Waals surface area contributed by atoms with Crippen LogP contribution in [0.25, 0.3) is 151 Å². The maximum Gasteiger partial charge on any atom is 0.227 e. The second kappa shape index (κ2) is 22.7. The Balaban J connectivity index is 0.691. The molecule has 14 aromatic rings. The van der Waals surface area contributed by atoms with Crippen LogP contribution in [0, 0.1) is 5.92 Å². The molecule has 1 aliphatic rings. The van der Waals surface area contributed by atoms with Crippen LogP contribution in [-0.4, -0.2) is 26.0 Å². The molecule has 2 unspecified atom stereocenters. The minimum atomic E-state index is -0.00785. The zero-order valence-corrected chi connectivity index (χ0v) is 47.8. The van der Waals surface area contributed by atoms with Gasteiger partial charge in [0.15, 0.2) is 5.58 Å². The van der Waals surface area contributed by atoms with E-state index in [0.717, 1.165) is 145 Å². The fourth-order valence-electron chi connectivity index (χ4n) is 11.8. The highest BCUT2D eigenvalue weighted by Gasteiger charge is 2.20. The number of hydrogen-bond acceptors (Lipinski definition) is 6. The van der Waals surface area contributed by atoms with Gasteiger partial charge in [-0.3, -0.25) is 0 Å². The van der Waals surface area contributed by atoms with Crippen LogP contribution in [0.4, 0.5) is 0 Å². The van der Waals surface area contributed by atoms with E-state index in [2.05, 4.69) is 268 Å². The Kier molecular flexibility index (Phi) is 13.7.